The van der Waals surface area contributed by atoms with Crippen LogP contribution in [0.1, 0.15) is 32.8 Å². The van der Waals surface area contributed by atoms with Crippen molar-refractivity contribution in [2.24, 2.45) is 0 Å². The van der Waals surface area contributed by atoms with Crippen molar-refractivity contribution >= 4 is 27.3 Å². The topological polar surface area (TPSA) is 63.4 Å². The van der Waals surface area contributed by atoms with Crippen molar-refractivity contribution in [3.8, 4) is 0 Å². The lowest BCUT2D eigenvalue weighted by Crippen LogP contribution is -2.44. The maximum Gasteiger partial charge on any atom is 0.243 e. The van der Waals surface area contributed by atoms with Crippen LogP contribution in [0.25, 0.3) is 0 Å². The summed E-state index contributed by atoms with van der Waals surface area (Å²) >= 11 is 6.02. The first-order valence-electron chi connectivity index (χ1n) is 6.08. The molecule has 0 aliphatic rings. The summed E-state index contributed by atoms with van der Waals surface area (Å²) in [6, 6.07) is 2.91. The maximum absolute atomic E-state index is 12.6. The fourth-order valence-electron chi connectivity index (χ4n) is 1.53. The molecule has 0 saturated carbocycles. The first-order valence-corrected chi connectivity index (χ1v) is 7.90. The summed E-state index contributed by atoms with van der Waals surface area (Å²) in [6.07, 6.45) is 0.706. The zero-order chi connectivity index (χ0) is 15.0. The van der Waals surface area contributed by atoms with Crippen molar-refractivity contribution in [1.29, 1.82) is 0 Å². The van der Waals surface area contributed by atoms with Gasteiger partial charge in [-0.05, 0) is 44.9 Å². The molecule has 108 valence electrons. The number of benzene rings is 1. The summed E-state index contributed by atoms with van der Waals surface area (Å²) in [5.41, 5.74) is 6.40. The molecule has 1 rings (SSSR count). The van der Waals surface area contributed by atoms with E-state index in [2.05, 4.69) is 0 Å². The summed E-state index contributed by atoms with van der Waals surface area (Å²) in [5.74, 6) is 0. The number of nitrogens with zero attached hydrogens (tertiary/aromatic N) is 1. The van der Waals surface area contributed by atoms with Crippen LogP contribution >= 0.6 is 11.6 Å². The van der Waals surface area contributed by atoms with Gasteiger partial charge in [-0.2, -0.15) is 4.31 Å². The molecule has 1 aromatic rings. The number of anilines is 1. The van der Waals surface area contributed by atoms with Gasteiger partial charge in [-0.1, -0.05) is 18.5 Å². The van der Waals surface area contributed by atoms with Crippen LogP contribution in [-0.2, 0) is 10.0 Å². The van der Waals surface area contributed by atoms with Crippen LogP contribution in [0.3, 0.4) is 0 Å². The molecule has 0 radical (unpaired) electrons. The molecule has 6 heteroatoms. The fraction of sp³-hybridized carbons (Fsp3) is 0.538. The highest BCUT2D eigenvalue weighted by molar-refractivity contribution is 7.89. The maximum atomic E-state index is 12.6. The molecule has 0 aliphatic heterocycles. The predicted molar refractivity (Wildman–Crippen MR) is 79.9 cm³/mol. The molecule has 0 spiro atoms. The Morgan fingerprint density at radius 1 is 1.37 bits per heavy atom. The number of rotatable bonds is 4. The first-order chi connectivity index (χ1) is 8.54. The van der Waals surface area contributed by atoms with Gasteiger partial charge in [-0.15, -0.1) is 0 Å². The Hall–Kier alpha value is -0.780. The van der Waals surface area contributed by atoms with E-state index < -0.39 is 15.6 Å². The summed E-state index contributed by atoms with van der Waals surface area (Å²) in [6.45, 7) is 7.46. The molecular formula is C13H21ClN2O2S. The Balaban J connectivity index is 3.37. The second-order valence-electron chi connectivity index (χ2n) is 5.26. The normalized spacial score (nSPS) is 13.0. The van der Waals surface area contributed by atoms with Crippen molar-refractivity contribution in [1.82, 2.24) is 4.31 Å². The summed E-state index contributed by atoms with van der Waals surface area (Å²) in [4.78, 5) is 0.129. The van der Waals surface area contributed by atoms with Crippen LogP contribution in [0.15, 0.2) is 17.0 Å². The second kappa shape index (κ2) is 5.31. The molecule has 0 amide bonds. The average Bonchev–Trinajstić information content (AvgIpc) is 2.34. The van der Waals surface area contributed by atoms with E-state index in [4.69, 9.17) is 17.3 Å². The van der Waals surface area contributed by atoms with Gasteiger partial charge in [-0.3, -0.25) is 0 Å². The Morgan fingerprint density at radius 3 is 2.32 bits per heavy atom. The molecule has 0 aromatic heterocycles. The molecule has 0 aliphatic carbocycles. The average molecular weight is 305 g/mol. The lowest BCUT2D eigenvalue weighted by atomic mass is 10.0. The van der Waals surface area contributed by atoms with Gasteiger partial charge in [0.1, 0.15) is 0 Å². The Morgan fingerprint density at radius 2 is 1.89 bits per heavy atom. The predicted octanol–water partition coefficient (Wildman–Crippen LogP) is 3.04. The van der Waals surface area contributed by atoms with Gasteiger partial charge >= 0.3 is 0 Å². The van der Waals surface area contributed by atoms with Gasteiger partial charge in [-0.25, -0.2) is 8.42 Å². The highest BCUT2D eigenvalue weighted by atomic mass is 35.5. The minimum Gasteiger partial charge on any atom is -0.398 e. The van der Waals surface area contributed by atoms with Gasteiger partial charge in [0.25, 0.3) is 0 Å². The van der Waals surface area contributed by atoms with E-state index in [1.165, 1.54) is 16.4 Å². The van der Waals surface area contributed by atoms with Crippen molar-refractivity contribution in [3.05, 3.63) is 22.7 Å². The third-order valence-corrected chi connectivity index (χ3v) is 6.17. The lowest BCUT2D eigenvalue weighted by molar-refractivity contribution is 0.257. The lowest BCUT2D eigenvalue weighted by Gasteiger charge is -2.33. The van der Waals surface area contributed by atoms with E-state index in [9.17, 15) is 8.42 Å². The standard InChI is InChI=1S/C13H21ClN2O2S/c1-6-13(3,4)16(5)19(17,18)10-7-11(14)9(2)12(15)8-10/h7-8H,6,15H2,1-5H3. The monoisotopic (exact) mass is 304 g/mol. The molecule has 0 saturated heterocycles. The first kappa shape index (κ1) is 16.3. The minimum atomic E-state index is -3.60. The molecule has 19 heavy (non-hydrogen) atoms. The minimum absolute atomic E-state index is 0.129. The number of halogens is 1. The number of nitrogens with two attached hydrogens (primary N) is 1. The van der Waals surface area contributed by atoms with Crippen LogP contribution in [0, 0.1) is 6.92 Å². The zero-order valence-electron chi connectivity index (χ0n) is 12.0. The molecule has 0 fully saturated rings. The highest BCUT2D eigenvalue weighted by Crippen LogP contribution is 2.30. The molecule has 0 heterocycles. The van der Waals surface area contributed by atoms with Crippen molar-refractivity contribution in [3.63, 3.8) is 0 Å². The van der Waals surface area contributed by atoms with Crippen molar-refractivity contribution in [2.75, 3.05) is 12.8 Å². The highest BCUT2D eigenvalue weighted by Gasteiger charge is 2.33. The number of hydrogen-bond donors (Lipinski definition) is 1. The van der Waals surface area contributed by atoms with E-state index in [0.717, 1.165) is 0 Å². The molecule has 0 bridgehead atoms. The SMILES string of the molecule is CCC(C)(C)N(C)S(=O)(=O)c1cc(N)c(C)c(Cl)c1. The molecular weight excluding hydrogens is 284 g/mol. The van der Waals surface area contributed by atoms with E-state index in [-0.39, 0.29) is 4.90 Å². The van der Waals surface area contributed by atoms with Crippen LogP contribution in [0.5, 0.6) is 0 Å². The van der Waals surface area contributed by atoms with E-state index >= 15 is 0 Å². The molecule has 0 unspecified atom stereocenters. The van der Waals surface area contributed by atoms with Crippen LogP contribution in [0.4, 0.5) is 5.69 Å². The van der Waals surface area contributed by atoms with Crippen LogP contribution in [0.2, 0.25) is 5.02 Å². The molecule has 0 atom stereocenters. The Bertz CT molecular complexity index is 559. The van der Waals surface area contributed by atoms with Crippen LogP contribution < -0.4 is 5.73 Å². The summed E-state index contributed by atoms with van der Waals surface area (Å²) in [7, 11) is -2.03. The Labute approximate surface area is 120 Å². The fourth-order valence-corrected chi connectivity index (χ4v) is 3.46. The van der Waals surface area contributed by atoms with Gasteiger partial charge < -0.3 is 5.73 Å². The van der Waals surface area contributed by atoms with Crippen molar-refractivity contribution < 1.29 is 8.42 Å². The zero-order valence-corrected chi connectivity index (χ0v) is 13.6. The molecule has 1 aromatic carbocycles. The van der Waals surface area contributed by atoms with Crippen LogP contribution in [-0.4, -0.2) is 25.3 Å². The molecule has 2 N–H and O–H groups in total. The molecule has 4 nitrogen and oxygen atoms in total. The van der Waals surface area contributed by atoms with Gasteiger partial charge in [0.15, 0.2) is 0 Å². The van der Waals surface area contributed by atoms with Gasteiger partial charge in [0.05, 0.1) is 4.90 Å². The van der Waals surface area contributed by atoms with Gasteiger partial charge in [0, 0.05) is 23.3 Å². The largest absolute Gasteiger partial charge is 0.398 e. The number of hydrogen-bond acceptors (Lipinski definition) is 3. The van der Waals surface area contributed by atoms with E-state index in [0.29, 0.717) is 22.7 Å². The number of sulfonamides is 1. The second-order valence-corrected chi connectivity index (χ2v) is 7.63. The van der Waals surface area contributed by atoms with E-state index in [1.54, 1.807) is 14.0 Å². The third-order valence-electron chi connectivity index (χ3n) is 3.73. The summed E-state index contributed by atoms with van der Waals surface area (Å²) in [5, 5.41) is 0.362. The Kier molecular flexibility index (Phi) is 4.55. The summed E-state index contributed by atoms with van der Waals surface area (Å²) < 4.78 is 26.5. The van der Waals surface area contributed by atoms with E-state index in [1.807, 2.05) is 20.8 Å². The van der Waals surface area contributed by atoms with Crippen molar-refractivity contribution in [2.45, 2.75) is 44.6 Å². The number of nitrogen functional groups attached to an aromatic ring is 1. The smallest absolute Gasteiger partial charge is 0.243 e. The third kappa shape index (κ3) is 3.04. The quantitative estimate of drug-likeness (QED) is 0.870. The van der Waals surface area contributed by atoms with Gasteiger partial charge in [0.2, 0.25) is 10.0 Å².